The average molecular weight is 379 g/mol. The first-order valence-corrected chi connectivity index (χ1v) is 9.01. The van der Waals surface area contributed by atoms with E-state index in [1.54, 1.807) is 54.6 Å². The molecular formula is C19H13N3O4S. The SMILES string of the molecule is O=C1c2ccccc2C(=O)N1CSc1nc(O)c(-c2ccccc2)c(=O)[nH]1. The van der Waals surface area contributed by atoms with Gasteiger partial charge in [-0.15, -0.1) is 0 Å². The van der Waals surface area contributed by atoms with E-state index in [4.69, 9.17) is 0 Å². The molecule has 0 saturated heterocycles. The number of benzene rings is 2. The molecule has 2 aromatic carbocycles. The maximum absolute atomic E-state index is 12.4. The number of aromatic hydroxyl groups is 1. The summed E-state index contributed by atoms with van der Waals surface area (Å²) in [6, 6.07) is 15.3. The number of nitrogens with zero attached hydrogens (tertiary/aromatic N) is 2. The number of fused-ring (bicyclic) bond motifs is 1. The van der Waals surface area contributed by atoms with Gasteiger partial charge in [0.1, 0.15) is 5.56 Å². The van der Waals surface area contributed by atoms with Crippen molar-refractivity contribution in [3.8, 4) is 17.0 Å². The molecule has 4 rings (SSSR count). The van der Waals surface area contributed by atoms with Gasteiger partial charge in [-0.3, -0.25) is 19.3 Å². The fraction of sp³-hybridized carbons (Fsp3) is 0.0526. The van der Waals surface area contributed by atoms with Gasteiger partial charge in [0.15, 0.2) is 5.16 Å². The van der Waals surface area contributed by atoms with Crippen LogP contribution < -0.4 is 5.56 Å². The van der Waals surface area contributed by atoms with Gasteiger partial charge in [0.2, 0.25) is 5.88 Å². The average Bonchev–Trinajstić information content (AvgIpc) is 2.91. The zero-order chi connectivity index (χ0) is 19.0. The van der Waals surface area contributed by atoms with Crippen molar-refractivity contribution in [2.75, 3.05) is 5.88 Å². The number of aromatic nitrogens is 2. The molecule has 2 amide bonds. The lowest BCUT2D eigenvalue weighted by molar-refractivity contribution is 0.0684. The van der Waals surface area contributed by atoms with Crippen LogP contribution in [0.2, 0.25) is 0 Å². The summed E-state index contributed by atoms with van der Waals surface area (Å²) in [5.74, 6) is -1.22. The second-order valence-corrected chi connectivity index (χ2v) is 6.73. The molecule has 0 aliphatic carbocycles. The van der Waals surface area contributed by atoms with Crippen molar-refractivity contribution in [2.24, 2.45) is 0 Å². The largest absolute Gasteiger partial charge is 0.493 e. The van der Waals surface area contributed by atoms with Crippen LogP contribution in [0.5, 0.6) is 5.88 Å². The topological polar surface area (TPSA) is 103 Å². The van der Waals surface area contributed by atoms with Crippen LogP contribution in [0.25, 0.3) is 11.1 Å². The van der Waals surface area contributed by atoms with E-state index in [1.807, 2.05) is 0 Å². The Kier molecular flexibility index (Phi) is 4.25. The van der Waals surface area contributed by atoms with E-state index in [0.29, 0.717) is 16.7 Å². The number of aromatic amines is 1. The molecule has 0 saturated carbocycles. The summed E-state index contributed by atoms with van der Waals surface area (Å²) in [4.78, 5) is 44.7. The Hall–Kier alpha value is -3.39. The van der Waals surface area contributed by atoms with Gasteiger partial charge in [-0.05, 0) is 17.7 Å². The minimum absolute atomic E-state index is 0.0284. The number of H-pyrrole nitrogens is 1. The molecular weight excluding hydrogens is 366 g/mol. The monoisotopic (exact) mass is 379 g/mol. The van der Waals surface area contributed by atoms with Crippen molar-refractivity contribution in [2.45, 2.75) is 5.16 Å². The normalized spacial score (nSPS) is 13.1. The van der Waals surface area contributed by atoms with Gasteiger partial charge in [-0.2, -0.15) is 4.98 Å². The predicted molar refractivity (Wildman–Crippen MR) is 99.6 cm³/mol. The fourth-order valence-corrected chi connectivity index (χ4v) is 3.66. The molecule has 2 heterocycles. The third-order valence-electron chi connectivity index (χ3n) is 4.15. The van der Waals surface area contributed by atoms with Crippen LogP contribution in [0, 0.1) is 0 Å². The second kappa shape index (κ2) is 6.73. The standard InChI is InChI=1S/C19H13N3O4S/c23-15-14(11-6-2-1-3-7-11)16(24)21-19(20-15)27-10-22-17(25)12-8-4-5-9-13(12)18(22)26/h1-9H,10H2,(H2,20,21,23,24). The molecule has 0 unspecified atom stereocenters. The van der Waals surface area contributed by atoms with E-state index in [-0.39, 0.29) is 16.6 Å². The molecule has 0 atom stereocenters. The number of hydrogen-bond acceptors (Lipinski definition) is 6. The maximum atomic E-state index is 12.4. The first-order valence-electron chi connectivity index (χ1n) is 8.03. The van der Waals surface area contributed by atoms with Crippen LogP contribution in [0.15, 0.2) is 64.5 Å². The lowest BCUT2D eigenvalue weighted by atomic mass is 10.1. The van der Waals surface area contributed by atoms with Gasteiger partial charge >= 0.3 is 0 Å². The highest BCUT2D eigenvalue weighted by Crippen LogP contribution is 2.28. The molecule has 7 nitrogen and oxygen atoms in total. The Morgan fingerprint density at radius 1 is 0.926 bits per heavy atom. The Labute approximate surface area is 157 Å². The zero-order valence-electron chi connectivity index (χ0n) is 13.9. The number of thioether (sulfide) groups is 1. The van der Waals surface area contributed by atoms with Crippen LogP contribution in [-0.4, -0.2) is 37.7 Å². The summed E-state index contributed by atoms with van der Waals surface area (Å²) in [6.07, 6.45) is 0. The summed E-state index contributed by atoms with van der Waals surface area (Å²) in [5, 5.41) is 10.3. The van der Waals surface area contributed by atoms with Gasteiger partial charge in [0, 0.05) is 0 Å². The molecule has 0 bridgehead atoms. The Morgan fingerprint density at radius 3 is 2.11 bits per heavy atom. The number of imide groups is 1. The first kappa shape index (κ1) is 17.0. The third-order valence-corrected chi connectivity index (χ3v) is 5.00. The van der Waals surface area contributed by atoms with Gasteiger partial charge < -0.3 is 10.1 Å². The lowest BCUT2D eigenvalue weighted by Crippen LogP contribution is -2.29. The Bertz CT molecular complexity index is 1080. The summed E-state index contributed by atoms with van der Waals surface area (Å²) in [7, 11) is 0. The van der Waals surface area contributed by atoms with Gasteiger partial charge in [-0.1, -0.05) is 54.2 Å². The molecule has 2 N–H and O–H groups in total. The molecule has 1 aliphatic heterocycles. The molecule has 1 aliphatic rings. The number of amides is 2. The summed E-state index contributed by atoms with van der Waals surface area (Å²) < 4.78 is 0. The van der Waals surface area contributed by atoms with E-state index in [0.717, 1.165) is 16.7 Å². The molecule has 0 radical (unpaired) electrons. The molecule has 8 heteroatoms. The molecule has 27 heavy (non-hydrogen) atoms. The van der Waals surface area contributed by atoms with Crippen molar-refractivity contribution < 1.29 is 14.7 Å². The van der Waals surface area contributed by atoms with Crippen molar-refractivity contribution in [3.05, 3.63) is 76.1 Å². The van der Waals surface area contributed by atoms with Gasteiger partial charge in [0.25, 0.3) is 17.4 Å². The Morgan fingerprint density at radius 2 is 1.52 bits per heavy atom. The Balaban J connectivity index is 1.56. The number of hydrogen-bond donors (Lipinski definition) is 2. The van der Waals surface area contributed by atoms with E-state index in [9.17, 15) is 19.5 Å². The van der Waals surface area contributed by atoms with Crippen LogP contribution >= 0.6 is 11.8 Å². The van der Waals surface area contributed by atoms with Crippen LogP contribution in [-0.2, 0) is 0 Å². The molecule has 0 spiro atoms. The number of carbonyl (C=O) groups is 2. The van der Waals surface area contributed by atoms with Crippen molar-refractivity contribution in [1.29, 1.82) is 0 Å². The smallest absolute Gasteiger partial charge is 0.263 e. The van der Waals surface area contributed by atoms with Gasteiger partial charge in [0.05, 0.1) is 17.0 Å². The fourth-order valence-electron chi connectivity index (χ4n) is 2.86. The molecule has 134 valence electrons. The lowest BCUT2D eigenvalue weighted by Gasteiger charge is -2.13. The molecule has 3 aromatic rings. The summed E-state index contributed by atoms with van der Waals surface area (Å²) in [6.45, 7) is 0. The highest BCUT2D eigenvalue weighted by Gasteiger charge is 2.35. The van der Waals surface area contributed by atoms with Crippen molar-refractivity contribution >= 4 is 23.6 Å². The second-order valence-electron chi connectivity index (χ2n) is 5.79. The van der Waals surface area contributed by atoms with Crippen LogP contribution in [0.1, 0.15) is 20.7 Å². The highest BCUT2D eigenvalue weighted by atomic mass is 32.2. The van der Waals surface area contributed by atoms with Crippen molar-refractivity contribution in [3.63, 3.8) is 0 Å². The maximum Gasteiger partial charge on any atom is 0.263 e. The van der Waals surface area contributed by atoms with Crippen LogP contribution in [0.4, 0.5) is 0 Å². The van der Waals surface area contributed by atoms with E-state index < -0.39 is 23.3 Å². The van der Waals surface area contributed by atoms with Crippen LogP contribution in [0.3, 0.4) is 0 Å². The van der Waals surface area contributed by atoms with E-state index >= 15 is 0 Å². The summed E-state index contributed by atoms with van der Waals surface area (Å²) in [5.41, 5.74) is 0.818. The van der Waals surface area contributed by atoms with Gasteiger partial charge in [-0.25, -0.2) is 0 Å². The minimum atomic E-state index is -0.501. The molecule has 0 fully saturated rings. The van der Waals surface area contributed by atoms with E-state index in [2.05, 4.69) is 9.97 Å². The number of nitrogens with one attached hydrogen (secondary N) is 1. The van der Waals surface area contributed by atoms with Crippen molar-refractivity contribution in [1.82, 2.24) is 14.9 Å². The highest BCUT2D eigenvalue weighted by molar-refractivity contribution is 7.99. The number of rotatable bonds is 4. The quantitative estimate of drug-likeness (QED) is 0.410. The predicted octanol–water partition coefficient (Wildman–Crippen LogP) is 2.49. The number of carbonyl (C=O) groups excluding carboxylic acids is 2. The molecule has 1 aromatic heterocycles. The first-order chi connectivity index (χ1) is 13.1. The third kappa shape index (κ3) is 3.00. The minimum Gasteiger partial charge on any atom is -0.493 e. The zero-order valence-corrected chi connectivity index (χ0v) is 14.7. The van der Waals surface area contributed by atoms with E-state index in [1.165, 1.54) is 0 Å². The summed E-state index contributed by atoms with van der Waals surface area (Å²) >= 11 is 0.986.